The van der Waals surface area contributed by atoms with Crippen LogP contribution in [-0.4, -0.2) is 7.05 Å². The smallest absolute Gasteiger partial charge is 0.159 e. The van der Waals surface area contributed by atoms with Crippen LogP contribution in [0.5, 0.6) is 0 Å². The van der Waals surface area contributed by atoms with E-state index in [9.17, 15) is 8.78 Å². The van der Waals surface area contributed by atoms with E-state index in [-0.39, 0.29) is 6.04 Å². The number of hydrogen-bond donors (Lipinski definition) is 1. The summed E-state index contributed by atoms with van der Waals surface area (Å²) >= 11 is 3.87. The van der Waals surface area contributed by atoms with Crippen LogP contribution in [0.3, 0.4) is 0 Å². The van der Waals surface area contributed by atoms with Crippen molar-refractivity contribution in [3.05, 3.63) is 55.3 Å². The van der Waals surface area contributed by atoms with Gasteiger partial charge in [-0.2, -0.15) is 0 Å². The second-order valence-corrected chi connectivity index (χ2v) is 6.38. The largest absolute Gasteiger partial charge is 0.309 e. The number of thiophene rings is 1. The molecule has 1 aromatic carbocycles. The monoisotopic (exact) mass is 365 g/mol. The summed E-state index contributed by atoms with van der Waals surface area (Å²) in [6.07, 6.45) is 0. The molecule has 0 fully saturated rings. The van der Waals surface area contributed by atoms with E-state index in [0.717, 1.165) is 17.2 Å². The highest BCUT2D eigenvalue weighted by Gasteiger charge is 2.15. The van der Waals surface area contributed by atoms with Crippen molar-refractivity contribution in [3.63, 3.8) is 0 Å². The summed E-state index contributed by atoms with van der Waals surface area (Å²) < 4.78 is 27.2. The summed E-state index contributed by atoms with van der Waals surface area (Å²) in [6.45, 7) is 0. The average Bonchev–Trinajstić information content (AvgIpc) is 2.71. The van der Waals surface area contributed by atoms with Crippen LogP contribution in [0.1, 0.15) is 17.2 Å². The molecule has 2 rings (SSSR count). The Labute approximate surface area is 116 Å². The second-order valence-electron chi connectivity index (χ2n) is 3.58. The van der Waals surface area contributed by atoms with Crippen LogP contribution < -0.4 is 5.32 Å². The molecule has 0 aliphatic rings. The molecule has 0 saturated heterocycles. The lowest BCUT2D eigenvalue weighted by atomic mass is 10.0. The first kappa shape index (κ1) is 12.9. The van der Waals surface area contributed by atoms with Crippen molar-refractivity contribution in [1.82, 2.24) is 5.32 Å². The third-order valence-electron chi connectivity index (χ3n) is 2.49. The van der Waals surface area contributed by atoms with Gasteiger partial charge in [0.05, 0.1) is 8.93 Å². The van der Waals surface area contributed by atoms with Crippen molar-refractivity contribution < 1.29 is 8.78 Å². The molecule has 1 heterocycles. The summed E-state index contributed by atoms with van der Waals surface area (Å²) in [7, 11) is 1.80. The fourth-order valence-corrected chi connectivity index (χ4v) is 3.09. The third kappa shape index (κ3) is 2.83. The standard InChI is InChI=1S/C12H10F2INS/c1-16-12(8-5-11(15)17-6-8)7-2-3-9(13)10(14)4-7/h2-6,12,16H,1H3. The molecule has 0 aliphatic heterocycles. The molecule has 0 aliphatic carbocycles. The molecule has 90 valence electrons. The molecule has 17 heavy (non-hydrogen) atoms. The topological polar surface area (TPSA) is 12.0 Å². The van der Waals surface area contributed by atoms with Crippen molar-refractivity contribution in [2.45, 2.75) is 6.04 Å². The molecule has 0 spiro atoms. The zero-order valence-electron chi connectivity index (χ0n) is 9.01. The van der Waals surface area contributed by atoms with Gasteiger partial charge in [-0.1, -0.05) is 6.07 Å². The maximum absolute atomic E-state index is 13.2. The van der Waals surface area contributed by atoms with Gasteiger partial charge in [-0.25, -0.2) is 8.78 Å². The van der Waals surface area contributed by atoms with E-state index >= 15 is 0 Å². The highest BCUT2D eigenvalue weighted by atomic mass is 127. The fraction of sp³-hybridized carbons (Fsp3) is 0.167. The van der Waals surface area contributed by atoms with Gasteiger partial charge in [-0.3, -0.25) is 0 Å². The highest BCUT2D eigenvalue weighted by molar-refractivity contribution is 14.1. The van der Waals surface area contributed by atoms with Gasteiger partial charge in [0, 0.05) is 0 Å². The van der Waals surface area contributed by atoms with Crippen LogP contribution in [0, 0.1) is 14.5 Å². The summed E-state index contributed by atoms with van der Waals surface area (Å²) in [6, 6.07) is 5.93. The lowest BCUT2D eigenvalue weighted by molar-refractivity contribution is 0.505. The first-order valence-corrected chi connectivity index (χ1v) is 6.94. The lowest BCUT2D eigenvalue weighted by Crippen LogP contribution is -2.17. The van der Waals surface area contributed by atoms with Gasteiger partial charge in [0.1, 0.15) is 0 Å². The number of benzene rings is 1. The summed E-state index contributed by atoms with van der Waals surface area (Å²) in [5, 5.41) is 5.13. The Hall–Kier alpha value is -0.530. The van der Waals surface area contributed by atoms with Crippen LogP contribution in [0.25, 0.3) is 0 Å². The number of hydrogen-bond acceptors (Lipinski definition) is 2. The molecule has 1 atom stereocenters. The van der Waals surface area contributed by atoms with E-state index in [1.165, 1.54) is 8.95 Å². The minimum absolute atomic E-state index is 0.107. The van der Waals surface area contributed by atoms with Crippen LogP contribution >= 0.6 is 33.9 Å². The van der Waals surface area contributed by atoms with Crippen molar-refractivity contribution in [2.75, 3.05) is 7.05 Å². The van der Waals surface area contributed by atoms with Gasteiger partial charge in [0.25, 0.3) is 0 Å². The Balaban J connectivity index is 2.38. The molecular weight excluding hydrogens is 355 g/mol. The second kappa shape index (κ2) is 5.41. The van der Waals surface area contributed by atoms with Gasteiger partial charge in [0.15, 0.2) is 11.6 Å². The van der Waals surface area contributed by atoms with Gasteiger partial charge < -0.3 is 5.32 Å². The highest BCUT2D eigenvalue weighted by Crippen LogP contribution is 2.27. The molecule has 0 bridgehead atoms. The number of nitrogens with one attached hydrogen (secondary N) is 1. The van der Waals surface area contributed by atoms with Crippen LogP contribution in [0.4, 0.5) is 8.78 Å². The normalized spacial score (nSPS) is 12.7. The fourth-order valence-electron chi connectivity index (χ4n) is 1.69. The van der Waals surface area contributed by atoms with E-state index in [2.05, 4.69) is 27.9 Å². The predicted octanol–water partition coefficient (Wildman–Crippen LogP) is 3.94. The number of rotatable bonds is 3. The Morgan fingerprint density at radius 1 is 1.18 bits per heavy atom. The molecule has 1 nitrogen and oxygen atoms in total. The maximum Gasteiger partial charge on any atom is 0.159 e. The molecule has 5 heteroatoms. The van der Waals surface area contributed by atoms with E-state index in [1.807, 2.05) is 11.4 Å². The quantitative estimate of drug-likeness (QED) is 0.813. The molecule has 0 amide bonds. The molecular formula is C12H10F2INS. The average molecular weight is 365 g/mol. The summed E-state index contributed by atoms with van der Waals surface area (Å²) in [5.74, 6) is -1.63. The van der Waals surface area contributed by atoms with Crippen molar-refractivity contribution >= 4 is 33.9 Å². The molecule has 0 saturated carbocycles. The maximum atomic E-state index is 13.2. The van der Waals surface area contributed by atoms with Gasteiger partial charge in [-0.05, 0) is 64.3 Å². The van der Waals surface area contributed by atoms with E-state index < -0.39 is 11.6 Å². The van der Waals surface area contributed by atoms with E-state index in [4.69, 9.17) is 0 Å². The summed E-state index contributed by atoms with van der Waals surface area (Å²) in [5.41, 5.74) is 1.79. The lowest BCUT2D eigenvalue weighted by Gasteiger charge is -2.15. The third-order valence-corrected chi connectivity index (χ3v) is 4.29. The Kier molecular flexibility index (Phi) is 4.11. The zero-order valence-corrected chi connectivity index (χ0v) is 12.0. The van der Waals surface area contributed by atoms with Crippen LogP contribution in [-0.2, 0) is 0 Å². The Morgan fingerprint density at radius 2 is 1.94 bits per heavy atom. The molecule has 1 aromatic heterocycles. The molecule has 1 unspecified atom stereocenters. The van der Waals surface area contributed by atoms with E-state index in [0.29, 0.717) is 0 Å². The molecule has 2 aromatic rings. The van der Waals surface area contributed by atoms with Crippen molar-refractivity contribution in [2.24, 2.45) is 0 Å². The Morgan fingerprint density at radius 3 is 2.47 bits per heavy atom. The predicted molar refractivity (Wildman–Crippen MR) is 74.3 cm³/mol. The van der Waals surface area contributed by atoms with Crippen molar-refractivity contribution in [1.29, 1.82) is 0 Å². The van der Waals surface area contributed by atoms with Crippen molar-refractivity contribution in [3.8, 4) is 0 Å². The van der Waals surface area contributed by atoms with Gasteiger partial charge in [-0.15, -0.1) is 11.3 Å². The van der Waals surface area contributed by atoms with Gasteiger partial charge >= 0.3 is 0 Å². The minimum Gasteiger partial charge on any atom is -0.309 e. The first-order chi connectivity index (χ1) is 8.11. The zero-order chi connectivity index (χ0) is 12.4. The van der Waals surface area contributed by atoms with Gasteiger partial charge in [0.2, 0.25) is 0 Å². The number of halogens is 3. The van der Waals surface area contributed by atoms with Crippen LogP contribution in [0.15, 0.2) is 29.6 Å². The first-order valence-electron chi connectivity index (χ1n) is 4.98. The van der Waals surface area contributed by atoms with Crippen LogP contribution in [0.2, 0.25) is 0 Å². The van der Waals surface area contributed by atoms with E-state index in [1.54, 1.807) is 24.5 Å². The molecule has 0 radical (unpaired) electrons. The summed E-state index contributed by atoms with van der Waals surface area (Å²) in [4.78, 5) is 0. The Bertz CT molecular complexity index is 527. The molecule has 1 N–H and O–H groups in total. The minimum atomic E-state index is -0.816. The SMILES string of the molecule is CNC(c1csc(I)c1)c1ccc(F)c(F)c1.